The van der Waals surface area contributed by atoms with Crippen LogP contribution in [0, 0.1) is 5.92 Å². The van der Waals surface area contributed by atoms with Gasteiger partial charge in [0.1, 0.15) is 0 Å². The fourth-order valence-electron chi connectivity index (χ4n) is 3.81. The van der Waals surface area contributed by atoms with Gasteiger partial charge in [0, 0.05) is 37.8 Å². The highest BCUT2D eigenvalue weighted by Crippen LogP contribution is 2.33. The molecule has 0 radical (unpaired) electrons. The second kappa shape index (κ2) is 9.63. The Balaban J connectivity index is 1.91. The summed E-state index contributed by atoms with van der Waals surface area (Å²) in [5, 5.41) is 9.29. The predicted molar refractivity (Wildman–Crippen MR) is 113 cm³/mol. The van der Waals surface area contributed by atoms with Crippen molar-refractivity contribution in [2.75, 3.05) is 31.6 Å². The highest BCUT2D eigenvalue weighted by atomic mass is 19.4. The Labute approximate surface area is 189 Å². The molecule has 0 spiro atoms. The number of ether oxygens (including phenoxy) is 1. The minimum atomic E-state index is -4.70. The lowest BCUT2D eigenvalue weighted by atomic mass is 10.00. The summed E-state index contributed by atoms with van der Waals surface area (Å²) in [5.41, 5.74) is -0.279. The van der Waals surface area contributed by atoms with Gasteiger partial charge in [-0.15, -0.1) is 0 Å². The Morgan fingerprint density at radius 3 is 2.42 bits per heavy atom. The number of alkyl halides is 3. The number of methoxy groups -OCH3 is 1. The molecule has 1 N–H and O–H groups in total. The first kappa shape index (κ1) is 24.3. The summed E-state index contributed by atoms with van der Waals surface area (Å²) < 4.78 is 46.3. The first-order valence-corrected chi connectivity index (χ1v) is 10.4. The predicted octanol–water partition coefficient (Wildman–Crippen LogP) is 3.70. The number of aromatic nitrogens is 2. The van der Waals surface area contributed by atoms with Crippen molar-refractivity contribution in [1.29, 1.82) is 0 Å². The monoisotopic (exact) mass is 466 g/mol. The van der Waals surface area contributed by atoms with Gasteiger partial charge in [-0.05, 0) is 23.6 Å². The van der Waals surface area contributed by atoms with E-state index in [0.717, 1.165) is 0 Å². The summed E-state index contributed by atoms with van der Waals surface area (Å²) in [5.74, 6) is -0.637. The van der Waals surface area contributed by atoms with E-state index in [4.69, 9.17) is 0 Å². The Morgan fingerprint density at radius 1 is 1.21 bits per heavy atom. The molecule has 1 atom stereocenters. The molecule has 11 heteroatoms. The van der Waals surface area contributed by atoms with E-state index in [0.29, 0.717) is 11.1 Å². The second-order valence-electron chi connectivity index (χ2n) is 8.14. The van der Waals surface area contributed by atoms with Gasteiger partial charge in [0.2, 0.25) is 5.95 Å². The van der Waals surface area contributed by atoms with Crippen LogP contribution in [-0.2, 0) is 17.3 Å². The lowest BCUT2D eigenvalue weighted by Crippen LogP contribution is -2.57. The standard InChI is InChI=1S/C22H25F3N4O4/c1-13(2)17-12-28(21(31)32)8-9-29(17)20-26-11-16(18(27-20)22(23,24)25)10-14-4-6-15(7-5-14)19(30)33-3/h4-7,11,13,17H,8-10,12H2,1-3H3,(H,31,32). The second-order valence-corrected chi connectivity index (χ2v) is 8.14. The molecule has 1 unspecified atom stereocenters. The van der Waals surface area contributed by atoms with Gasteiger partial charge < -0.3 is 19.6 Å². The van der Waals surface area contributed by atoms with Gasteiger partial charge in [0.15, 0.2) is 5.69 Å². The number of amides is 1. The summed E-state index contributed by atoms with van der Waals surface area (Å²) in [6.07, 6.45) is -4.67. The third-order valence-electron chi connectivity index (χ3n) is 5.61. The van der Waals surface area contributed by atoms with Crippen molar-refractivity contribution in [3.05, 3.63) is 52.8 Å². The SMILES string of the molecule is COC(=O)c1ccc(Cc2cnc(N3CCN(C(=O)O)CC3C(C)C)nc2C(F)(F)F)cc1. The zero-order valence-corrected chi connectivity index (χ0v) is 18.5. The molecule has 0 saturated carbocycles. The number of hydrogen-bond donors (Lipinski definition) is 1. The van der Waals surface area contributed by atoms with Crippen LogP contribution < -0.4 is 4.90 Å². The number of anilines is 1. The van der Waals surface area contributed by atoms with Gasteiger partial charge in [-0.1, -0.05) is 26.0 Å². The Kier molecular flexibility index (Phi) is 7.09. The molecule has 33 heavy (non-hydrogen) atoms. The van der Waals surface area contributed by atoms with Crippen molar-refractivity contribution < 1.29 is 32.6 Å². The number of esters is 1. The van der Waals surface area contributed by atoms with Crippen molar-refractivity contribution in [3.63, 3.8) is 0 Å². The van der Waals surface area contributed by atoms with Crippen LogP contribution in [0.4, 0.5) is 23.9 Å². The molecule has 1 fully saturated rings. The first-order valence-electron chi connectivity index (χ1n) is 10.4. The van der Waals surface area contributed by atoms with E-state index < -0.39 is 23.9 Å². The number of carbonyl (C=O) groups excluding carboxylic acids is 1. The van der Waals surface area contributed by atoms with E-state index in [2.05, 4.69) is 14.7 Å². The van der Waals surface area contributed by atoms with E-state index in [1.165, 1.54) is 30.3 Å². The van der Waals surface area contributed by atoms with Crippen LogP contribution in [0.25, 0.3) is 0 Å². The Morgan fingerprint density at radius 2 is 1.88 bits per heavy atom. The topological polar surface area (TPSA) is 95.9 Å². The molecular formula is C22H25F3N4O4. The first-order chi connectivity index (χ1) is 15.5. The zero-order valence-electron chi connectivity index (χ0n) is 18.5. The average Bonchev–Trinajstić information content (AvgIpc) is 2.78. The van der Waals surface area contributed by atoms with Crippen molar-refractivity contribution in [3.8, 4) is 0 Å². The van der Waals surface area contributed by atoms with Crippen LogP contribution in [-0.4, -0.2) is 64.8 Å². The average molecular weight is 466 g/mol. The van der Waals surface area contributed by atoms with Crippen LogP contribution in [0.5, 0.6) is 0 Å². The fourth-order valence-corrected chi connectivity index (χ4v) is 3.81. The number of carboxylic acid groups (broad SMARTS) is 1. The van der Waals surface area contributed by atoms with Crippen molar-refractivity contribution in [1.82, 2.24) is 14.9 Å². The van der Waals surface area contributed by atoms with Gasteiger partial charge in [0.05, 0.1) is 18.7 Å². The van der Waals surface area contributed by atoms with Crippen molar-refractivity contribution >= 4 is 18.0 Å². The minimum Gasteiger partial charge on any atom is -0.465 e. The van der Waals surface area contributed by atoms with Gasteiger partial charge in [-0.25, -0.2) is 19.6 Å². The highest BCUT2D eigenvalue weighted by Gasteiger charge is 2.38. The number of rotatable bonds is 5. The normalized spacial score (nSPS) is 16.8. The molecule has 8 nitrogen and oxygen atoms in total. The Bertz CT molecular complexity index is 1010. The number of hydrogen-bond acceptors (Lipinski definition) is 6. The lowest BCUT2D eigenvalue weighted by Gasteiger charge is -2.42. The lowest BCUT2D eigenvalue weighted by molar-refractivity contribution is -0.141. The molecular weight excluding hydrogens is 441 g/mol. The number of nitrogens with zero attached hydrogens (tertiary/aromatic N) is 4. The maximum absolute atomic E-state index is 13.9. The molecule has 0 aliphatic carbocycles. The van der Waals surface area contributed by atoms with E-state index in [-0.39, 0.29) is 49.5 Å². The van der Waals surface area contributed by atoms with E-state index in [1.54, 1.807) is 17.0 Å². The summed E-state index contributed by atoms with van der Waals surface area (Å²) in [7, 11) is 1.25. The molecule has 2 heterocycles. The molecule has 1 amide bonds. The maximum Gasteiger partial charge on any atom is 0.433 e. The van der Waals surface area contributed by atoms with Crippen LogP contribution in [0.3, 0.4) is 0 Å². The van der Waals surface area contributed by atoms with Crippen molar-refractivity contribution in [2.24, 2.45) is 5.92 Å². The summed E-state index contributed by atoms with van der Waals surface area (Å²) in [4.78, 5) is 33.9. The highest BCUT2D eigenvalue weighted by molar-refractivity contribution is 5.89. The third kappa shape index (κ3) is 5.52. The number of carbonyl (C=O) groups is 2. The van der Waals surface area contributed by atoms with Crippen LogP contribution in [0.2, 0.25) is 0 Å². The molecule has 1 aromatic carbocycles. The smallest absolute Gasteiger partial charge is 0.433 e. The van der Waals surface area contributed by atoms with Crippen molar-refractivity contribution in [2.45, 2.75) is 32.5 Å². The summed E-state index contributed by atoms with van der Waals surface area (Å²) in [6.45, 7) is 4.25. The summed E-state index contributed by atoms with van der Waals surface area (Å²) in [6, 6.07) is 5.73. The molecule has 1 aliphatic heterocycles. The largest absolute Gasteiger partial charge is 0.465 e. The maximum atomic E-state index is 13.9. The molecule has 0 bridgehead atoms. The zero-order chi connectivity index (χ0) is 24.3. The molecule has 178 valence electrons. The van der Waals surface area contributed by atoms with E-state index in [1.807, 2.05) is 13.8 Å². The quantitative estimate of drug-likeness (QED) is 0.672. The summed E-state index contributed by atoms with van der Waals surface area (Å²) >= 11 is 0. The molecule has 3 rings (SSSR count). The van der Waals surface area contributed by atoms with Crippen LogP contribution in [0.1, 0.15) is 41.0 Å². The number of benzene rings is 1. The van der Waals surface area contributed by atoms with Gasteiger partial charge in [-0.3, -0.25) is 0 Å². The number of halogens is 3. The van der Waals surface area contributed by atoms with E-state index in [9.17, 15) is 27.9 Å². The fraction of sp³-hybridized carbons (Fsp3) is 0.455. The molecule has 2 aromatic rings. The Hall–Kier alpha value is -3.37. The van der Waals surface area contributed by atoms with Crippen LogP contribution in [0.15, 0.2) is 30.5 Å². The third-order valence-corrected chi connectivity index (χ3v) is 5.61. The van der Waals surface area contributed by atoms with Gasteiger partial charge >= 0.3 is 18.2 Å². The minimum absolute atomic E-state index is 0.0295. The van der Waals surface area contributed by atoms with Gasteiger partial charge in [0.25, 0.3) is 0 Å². The van der Waals surface area contributed by atoms with Crippen LogP contribution >= 0.6 is 0 Å². The molecule has 1 aliphatic rings. The molecule has 1 saturated heterocycles. The van der Waals surface area contributed by atoms with Gasteiger partial charge in [-0.2, -0.15) is 13.2 Å². The molecule has 1 aromatic heterocycles. The van der Waals surface area contributed by atoms with E-state index >= 15 is 0 Å². The number of piperazine rings is 1.